The molecule has 86 valence electrons. The topological polar surface area (TPSA) is 29.9 Å². The summed E-state index contributed by atoms with van der Waals surface area (Å²) in [5, 5.41) is 7.82. The third-order valence-electron chi connectivity index (χ3n) is 2.67. The van der Waals surface area contributed by atoms with Crippen LogP contribution in [0.5, 0.6) is 0 Å². The number of aromatic nitrogens is 2. The van der Waals surface area contributed by atoms with Gasteiger partial charge in [-0.05, 0) is 26.3 Å². The minimum Gasteiger partial charge on any atom is -0.313 e. The van der Waals surface area contributed by atoms with Crippen molar-refractivity contribution in [2.24, 2.45) is 0 Å². The highest BCUT2D eigenvalue weighted by Crippen LogP contribution is 2.07. The number of rotatable bonds is 7. The molecule has 1 heterocycles. The Kier molecular flexibility index (Phi) is 5.40. The number of nitrogens with zero attached hydrogens (tertiary/aromatic N) is 2. The minimum absolute atomic E-state index is 0.950. The largest absolute Gasteiger partial charge is 0.313 e. The van der Waals surface area contributed by atoms with Crippen LogP contribution < -0.4 is 5.32 Å². The van der Waals surface area contributed by atoms with E-state index in [1.54, 1.807) is 0 Å². The van der Waals surface area contributed by atoms with Gasteiger partial charge in [-0.15, -0.1) is 0 Å². The molecule has 1 aromatic rings. The van der Waals surface area contributed by atoms with Gasteiger partial charge in [-0.1, -0.05) is 20.3 Å². The van der Waals surface area contributed by atoms with Gasteiger partial charge >= 0.3 is 0 Å². The van der Waals surface area contributed by atoms with Crippen molar-refractivity contribution in [2.75, 3.05) is 6.54 Å². The van der Waals surface area contributed by atoms with E-state index in [-0.39, 0.29) is 0 Å². The van der Waals surface area contributed by atoms with Crippen molar-refractivity contribution in [3.63, 3.8) is 0 Å². The van der Waals surface area contributed by atoms with Crippen molar-refractivity contribution in [3.05, 3.63) is 17.5 Å². The zero-order valence-electron chi connectivity index (χ0n) is 10.2. The van der Waals surface area contributed by atoms with Gasteiger partial charge in [0.15, 0.2) is 0 Å². The molecule has 0 atom stereocenters. The predicted octanol–water partition coefficient (Wildman–Crippen LogP) is 2.49. The van der Waals surface area contributed by atoms with E-state index in [0.29, 0.717) is 0 Å². The van der Waals surface area contributed by atoms with Crippen LogP contribution in [-0.2, 0) is 13.1 Å². The van der Waals surface area contributed by atoms with E-state index in [1.807, 2.05) is 6.20 Å². The summed E-state index contributed by atoms with van der Waals surface area (Å²) in [6, 6.07) is 0. The second kappa shape index (κ2) is 6.62. The summed E-state index contributed by atoms with van der Waals surface area (Å²) in [7, 11) is 0. The summed E-state index contributed by atoms with van der Waals surface area (Å²) in [4.78, 5) is 0. The average molecular weight is 209 g/mol. The van der Waals surface area contributed by atoms with Crippen LogP contribution >= 0.6 is 0 Å². The fourth-order valence-electron chi connectivity index (χ4n) is 1.59. The monoisotopic (exact) mass is 209 g/mol. The van der Waals surface area contributed by atoms with Crippen LogP contribution in [0.1, 0.15) is 44.4 Å². The Hall–Kier alpha value is -0.830. The number of aryl methyl sites for hydroxylation is 1. The smallest absolute Gasteiger partial charge is 0.0537 e. The van der Waals surface area contributed by atoms with Gasteiger partial charge in [0, 0.05) is 24.3 Å². The maximum Gasteiger partial charge on any atom is 0.0537 e. The number of nitrogens with one attached hydrogen (secondary N) is 1. The van der Waals surface area contributed by atoms with Crippen LogP contribution in [-0.4, -0.2) is 16.3 Å². The highest BCUT2D eigenvalue weighted by molar-refractivity contribution is 5.15. The van der Waals surface area contributed by atoms with Crippen molar-refractivity contribution < 1.29 is 0 Å². The molecule has 1 rings (SSSR count). The Morgan fingerprint density at radius 3 is 2.80 bits per heavy atom. The molecule has 0 radical (unpaired) electrons. The van der Waals surface area contributed by atoms with Crippen LogP contribution in [0.15, 0.2) is 6.20 Å². The van der Waals surface area contributed by atoms with Crippen molar-refractivity contribution in [2.45, 2.75) is 53.1 Å². The van der Waals surface area contributed by atoms with E-state index in [9.17, 15) is 0 Å². The molecule has 0 aliphatic heterocycles. The van der Waals surface area contributed by atoms with Gasteiger partial charge < -0.3 is 5.32 Å². The Bertz CT molecular complexity index is 278. The first-order valence-electron chi connectivity index (χ1n) is 6.01. The third kappa shape index (κ3) is 3.67. The molecule has 0 aliphatic carbocycles. The van der Waals surface area contributed by atoms with Gasteiger partial charge in [0.25, 0.3) is 0 Å². The lowest BCUT2D eigenvalue weighted by Gasteiger charge is -2.05. The Morgan fingerprint density at radius 1 is 1.33 bits per heavy atom. The molecule has 0 bridgehead atoms. The molecule has 0 spiro atoms. The average Bonchev–Trinajstić information content (AvgIpc) is 2.58. The highest BCUT2D eigenvalue weighted by atomic mass is 15.3. The number of hydrogen-bond donors (Lipinski definition) is 1. The van der Waals surface area contributed by atoms with Crippen molar-refractivity contribution in [1.82, 2.24) is 15.1 Å². The SMILES string of the molecule is CCCCn1ncc(CNCCC)c1C. The first kappa shape index (κ1) is 12.2. The van der Waals surface area contributed by atoms with E-state index < -0.39 is 0 Å². The van der Waals surface area contributed by atoms with Gasteiger partial charge in [-0.3, -0.25) is 4.68 Å². The second-order valence-electron chi connectivity index (χ2n) is 4.01. The first-order valence-corrected chi connectivity index (χ1v) is 6.01. The Morgan fingerprint density at radius 2 is 2.13 bits per heavy atom. The third-order valence-corrected chi connectivity index (χ3v) is 2.67. The van der Waals surface area contributed by atoms with Crippen molar-refractivity contribution in [1.29, 1.82) is 0 Å². The van der Waals surface area contributed by atoms with E-state index in [2.05, 4.69) is 35.9 Å². The maximum atomic E-state index is 4.41. The maximum absolute atomic E-state index is 4.41. The number of hydrogen-bond acceptors (Lipinski definition) is 2. The fourth-order valence-corrected chi connectivity index (χ4v) is 1.59. The van der Waals surface area contributed by atoms with E-state index >= 15 is 0 Å². The molecule has 0 aliphatic rings. The summed E-state index contributed by atoms with van der Waals surface area (Å²) < 4.78 is 2.12. The van der Waals surface area contributed by atoms with Gasteiger partial charge in [0.2, 0.25) is 0 Å². The van der Waals surface area contributed by atoms with Gasteiger partial charge in [0.05, 0.1) is 6.20 Å². The summed E-state index contributed by atoms with van der Waals surface area (Å²) in [5.41, 5.74) is 2.65. The lowest BCUT2D eigenvalue weighted by molar-refractivity contribution is 0.557. The lowest BCUT2D eigenvalue weighted by atomic mass is 10.2. The zero-order chi connectivity index (χ0) is 11.1. The quantitative estimate of drug-likeness (QED) is 0.699. The molecule has 1 N–H and O–H groups in total. The van der Waals surface area contributed by atoms with Crippen LogP contribution in [0.2, 0.25) is 0 Å². The molecule has 0 fully saturated rings. The molecular weight excluding hydrogens is 186 g/mol. The Labute approximate surface area is 92.9 Å². The van der Waals surface area contributed by atoms with Crippen LogP contribution in [0.25, 0.3) is 0 Å². The fraction of sp³-hybridized carbons (Fsp3) is 0.750. The molecule has 15 heavy (non-hydrogen) atoms. The van der Waals surface area contributed by atoms with E-state index in [0.717, 1.165) is 19.6 Å². The molecule has 0 amide bonds. The van der Waals surface area contributed by atoms with Gasteiger partial charge in [0.1, 0.15) is 0 Å². The van der Waals surface area contributed by atoms with Crippen molar-refractivity contribution in [3.8, 4) is 0 Å². The molecule has 3 heteroatoms. The highest BCUT2D eigenvalue weighted by Gasteiger charge is 2.04. The summed E-state index contributed by atoms with van der Waals surface area (Å²) in [6.45, 7) is 9.64. The first-order chi connectivity index (χ1) is 7.29. The summed E-state index contributed by atoms with van der Waals surface area (Å²) in [5.74, 6) is 0. The van der Waals surface area contributed by atoms with Crippen LogP contribution in [0, 0.1) is 6.92 Å². The molecule has 0 saturated carbocycles. The number of unbranched alkanes of at least 4 members (excludes halogenated alkanes) is 1. The van der Waals surface area contributed by atoms with Crippen LogP contribution in [0.3, 0.4) is 0 Å². The zero-order valence-corrected chi connectivity index (χ0v) is 10.2. The van der Waals surface area contributed by atoms with Gasteiger partial charge in [-0.2, -0.15) is 5.10 Å². The summed E-state index contributed by atoms with van der Waals surface area (Å²) >= 11 is 0. The van der Waals surface area contributed by atoms with Crippen molar-refractivity contribution >= 4 is 0 Å². The normalized spacial score (nSPS) is 10.9. The lowest BCUT2D eigenvalue weighted by Crippen LogP contribution is -2.14. The molecule has 1 aromatic heterocycles. The standard InChI is InChI=1S/C12H23N3/c1-4-6-8-15-11(3)12(10-14-15)9-13-7-5-2/h10,13H,4-9H2,1-3H3. The van der Waals surface area contributed by atoms with E-state index in [1.165, 1.54) is 30.5 Å². The molecule has 3 nitrogen and oxygen atoms in total. The molecule has 0 aromatic carbocycles. The second-order valence-corrected chi connectivity index (χ2v) is 4.01. The molecule has 0 unspecified atom stereocenters. The Balaban J connectivity index is 2.47. The summed E-state index contributed by atoms with van der Waals surface area (Å²) in [6.07, 6.45) is 5.61. The predicted molar refractivity (Wildman–Crippen MR) is 63.9 cm³/mol. The van der Waals surface area contributed by atoms with Crippen LogP contribution in [0.4, 0.5) is 0 Å². The minimum atomic E-state index is 0.950. The van der Waals surface area contributed by atoms with E-state index in [4.69, 9.17) is 0 Å². The molecule has 0 saturated heterocycles. The van der Waals surface area contributed by atoms with Gasteiger partial charge in [-0.25, -0.2) is 0 Å². The molecular formula is C12H23N3.